The molecule has 1 rings (SSSR count). The predicted molar refractivity (Wildman–Crippen MR) is 47.8 cm³/mol. The number of benzene rings is 1. The molecule has 1 aromatic rings. The lowest BCUT2D eigenvalue weighted by Gasteiger charge is -2.00. The highest BCUT2D eigenvalue weighted by Gasteiger charge is 1.95. The normalized spacial score (nSPS) is 8.83. The molecule has 1 aromatic carbocycles. The molecule has 0 spiro atoms. The van der Waals surface area contributed by atoms with Crippen molar-refractivity contribution in [2.24, 2.45) is 0 Å². The van der Waals surface area contributed by atoms with Gasteiger partial charge in [0.05, 0.1) is 7.11 Å². The van der Waals surface area contributed by atoms with Gasteiger partial charge < -0.3 is 4.74 Å². The van der Waals surface area contributed by atoms with Gasteiger partial charge in [-0.3, -0.25) is 0 Å². The van der Waals surface area contributed by atoms with Gasteiger partial charge in [0.2, 0.25) is 0 Å². The number of methoxy groups -OCH3 is 1. The molecule has 0 aromatic heterocycles. The summed E-state index contributed by atoms with van der Waals surface area (Å²) in [7, 11) is 1.61. The Morgan fingerprint density at radius 2 is 1.92 bits per heavy atom. The molecule has 0 atom stereocenters. The number of allylic oxidation sites excluding steroid dienone is 1. The van der Waals surface area contributed by atoms with Gasteiger partial charge >= 0.3 is 0 Å². The monoisotopic (exact) mass is 162 g/mol. The lowest BCUT2D eigenvalue weighted by molar-refractivity contribution is 0.415. The van der Waals surface area contributed by atoms with Gasteiger partial charge in [-0.1, -0.05) is 12.1 Å². The summed E-state index contributed by atoms with van der Waals surface area (Å²) in [6, 6.07) is 7.30. The maximum atomic E-state index is 10.3. The number of rotatable bonds is 2. The fraction of sp³-hybridized carbons (Fsp3) is 0.200. The quantitative estimate of drug-likeness (QED) is 0.621. The van der Waals surface area contributed by atoms with Gasteiger partial charge in [-0.15, -0.1) is 0 Å². The summed E-state index contributed by atoms with van der Waals surface area (Å²) < 4.78 is 4.97. The van der Waals surface area contributed by atoms with Crippen LogP contribution in [0.3, 0.4) is 0 Å². The SMILES string of the molecule is COc1ccc(C(C)=C=O)cc1. The summed E-state index contributed by atoms with van der Waals surface area (Å²) in [5, 5.41) is 0. The Kier molecular flexibility index (Phi) is 2.67. The fourth-order valence-corrected chi connectivity index (χ4v) is 0.900. The second-order valence-electron chi connectivity index (χ2n) is 2.46. The second-order valence-corrected chi connectivity index (χ2v) is 2.46. The zero-order valence-corrected chi connectivity index (χ0v) is 7.13. The molecule has 0 aliphatic heterocycles. The Hall–Kier alpha value is -1.53. The summed E-state index contributed by atoms with van der Waals surface area (Å²) >= 11 is 0. The highest BCUT2D eigenvalue weighted by atomic mass is 16.5. The van der Waals surface area contributed by atoms with Crippen molar-refractivity contribution in [1.29, 1.82) is 0 Å². The van der Waals surface area contributed by atoms with E-state index in [0.717, 1.165) is 11.3 Å². The zero-order chi connectivity index (χ0) is 8.97. The Morgan fingerprint density at radius 3 is 2.33 bits per heavy atom. The lowest BCUT2D eigenvalue weighted by atomic mass is 10.1. The average molecular weight is 162 g/mol. The maximum Gasteiger partial charge on any atom is 0.128 e. The number of ether oxygens (including phenoxy) is 1. The molecule has 12 heavy (non-hydrogen) atoms. The van der Waals surface area contributed by atoms with Gasteiger partial charge in [-0.05, 0) is 24.6 Å². The molecule has 0 unspecified atom stereocenters. The van der Waals surface area contributed by atoms with Gasteiger partial charge in [0, 0.05) is 5.57 Å². The van der Waals surface area contributed by atoms with E-state index in [1.165, 1.54) is 0 Å². The van der Waals surface area contributed by atoms with Crippen molar-refractivity contribution >= 4 is 11.5 Å². The molecular formula is C10H10O2. The summed E-state index contributed by atoms with van der Waals surface area (Å²) in [6.45, 7) is 1.73. The minimum absolute atomic E-state index is 0.609. The van der Waals surface area contributed by atoms with Gasteiger partial charge in [0.1, 0.15) is 11.7 Å². The van der Waals surface area contributed by atoms with E-state index in [-0.39, 0.29) is 0 Å². The Bertz CT molecular complexity index is 305. The van der Waals surface area contributed by atoms with Crippen molar-refractivity contribution in [2.75, 3.05) is 7.11 Å². The van der Waals surface area contributed by atoms with Crippen molar-refractivity contribution in [2.45, 2.75) is 6.92 Å². The summed E-state index contributed by atoms with van der Waals surface area (Å²) in [5.41, 5.74) is 1.49. The molecule has 0 saturated heterocycles. The van der Waals surface area contributed by atoms with Gasteiger partial charge in [0.15, 0.2) is 0 Å². The van der Waals surface area contributed by atoms with Gasteiger partial charge in [0.25, 0.3) is 0 Å². The van der Waals surface area contributed by atoms with E-state index in [1.807, 2.05) is 30.2 Å². The standard InChI is InChI=1S/C10H10O2/c1-8(7-11)9-3-5-10(12-2)6-4-9/h3-6H,1-2H3. The molecular weight excluding hydrogens is 152 g/mol. The molecule has 0 aliphatic rings. The second kappa shape index (κ2) is 3.74. The first-order valence-corrected chi connectivity index (χ1v) is 3.64. The van der Waals surface area contributed by atoms with Crippen LogP contribution in [0.4, 0.5) is 0 Å². The van der Waals surface area contributed by atoms with Gasteiger partial charge in [-0.25, -0.2) is 4.79 Å². The summed E-state index contributed by atoms with van der Waals surface area (Å²) in [5.74, 6) is 2.63. The van der Waals surface area contributed by atoms with Crippen LogP contribution in [0.1, 0.15) is 12.5 Å². The topological polar surface area (TPSA) is 26.3 Å². The van der Waals surface area contributed by atoms with Crippen molar-refractivity contribution in [3.8, 4) is 5.75 Å². The van der Waals surface area contributed by atoms with E-state index < -0.39 is 0 Å². The van der Waals surface area contributed by atoms with E-state index in [2.05, 4.69) is 0 Å². The first kappa shape index (κ1) is 8.57. The molecule has 0 heterocycles. The first-order valence-electron chi connectivity index (χ1n) is 3.64. The van der Waals surface area contributed by atoms with Crippen molar-refractivity contribution in [3.05, 3.63) is 29.8 Å². The third kappa shape index (κ3) is 1.74. The highest BCUT2D eigenvalue weighted by molar-refractivity contribution is 5.86. The van der Waals surface area contributed by atoms with Gasteiger partial charge in [-0.2, -0.15) is 0 Å². The Balaban J connectivity index is 3.00. The first-order chi connectivity index (χ1) is 5.77. The summed E-state index contributed by atoms with van der Waals surface area (Å²) in [6.07, 6.45) is 0. The largest absolute Gasteiger partial charge is 0.497 e. The van der Waals surface area contributed by atoms with Crippen molar-refractivity contribution in [1.82, 2.24) is 0 Å². The molecule has 0 N–H and O–H groups in total. The van der Waals surface area contributed by atoms with Crippen LogP contribution >= 0.6 is 0 Å². The van der Waals surface area contributed by atoms with Crippen molar-refractivity contribution < 1.29 is 9.53 Å². The van der Waals surface area contributed by atoms with Crippen LogP contribution in [-0.4, -0.2) is 13.1 Å². The van der Waals surface area contributed by atoms with Crippen molar-refractivity contribution in [3.63, 3.8) is 0 Å². The van der Waals surface area contributed by atoms with E-state index >= 15 is 0 Å². The molecule has 0 amide bonds. The number of hydrogen-bond donors (Lipinski definition) is 0. The maximum absolute atomic E-state index is 10.3. The Labute approximate surface area is 71.5 Å². The van der Waals surface area contributed by atoms with E-state index in [1.54, 1.807) is 14.0 Å². The minimum atomic E-state index is 0.609. The van der Waals surface area contributed by atoms with Crippen LogP contribution in [0, 0.1) is 0 Å². The smallest absolute Gasteiger partial charge is 0.128 e. The number of carbonyl (C=O) groups excluding carboxylic acids is 1. The van der Waals surface area contributed by atoms with E-state index in [9.17, 15) is 4.79 Å². The number of hydrogen-bond acceptors (Lipinski definition) is 2. The molecule has 0 aliphatic carbocycles. The Morgan fingerprint density at radius 1 is 1.33 bits per heavy atom. The zero-order valence-electron chi connectivity index (χ0n) is 7.13. The third-order valence-corrected chi connectivity index (χ3v) is 1.68. The van der Waals surface area contributed by atoms with Crippen LogP contribution in [0.2, 0.25) is 0 Å². The van der Waals surface area contributed by atoms with E-state index in [0.29, 0.717) is 5.57 Å². The highest BCUT2D eigenvalue weighted by Crippen LogP contribution is 2.15. The van der Waals surface area contributed by atoms with Crippen LogP contribution < -0.4 is 4.74 Å². The van der Waals surface area contributed by atoms with Crippen LogP contribution in [-0.2, 0) is 4.79 Å². The minimum Gasteiger partial charge on any atom is -0.497 e. The molecule has 0 radical (unpaired) electrons. The molecule has 0 saturated carbocycles. The molecule has 0 fully saturated rings. The van der Waals surface area contributed by atoms with E-state index in [4.69, 9.17) is 4.74 Å². The predicted octanol–water partition coefficient (Wildman–Crippen LogP) is 1.93. The van der Waals surface area contributed by atoms with Crippen LogP contribution in [0.15, 0.2) is 24.3 Å². The van der Waals surface area contributed by atoms with Crippen LogP contribution in [0.5, 0.6) is 5.75 Å². The average Bonchev–Trinajstić information content (AvgIpc) is 2.17. The fourth-order valence-electron chi connectivity index (χ4n) is 0.900. The molecule has 2 heteroatoms. The molecule has 62 valence electrons. The molecule has 0 bridgehead atoms. The third-order valence-electron chi connectivity index (χ3n) is 1.68. The molecule has 2 nitrogen and oxygen atoms in total. The lowest BCUT2D eigenvalue weighted by Crippen LogP contribution is -1.83. The van der Waals surface area contributed by atoms with Crippen LogP contribution in [0.25, 0.3) is 5.57 Å². The summed E-state index contributed by atoms with van der Waals surface area (Å²) in [4.78, 5) is 10.3.